The molecule has 3 atom stereocenters. The minimum atomic E-state index is -0.0993. The van der Waals surface area contributed by atoms with E-state index < -0.39 is 0 Å². The lowest BCUT2D eigenvalue weighted by molar-refractivity contribution is 0.0891. The summed E-state index contributed by atoms with van der Waals surface area (Å²) in [5.74, 6) is 0.731. The fourth-order valence-electron chi connectivity index (χ4n) is 1.85. The van der Waals surface area contributed by atoms with Crippen LogP contribution < -0.4 is 5.32 Å². The molecule has 78 valence electrons. The molecule has 2 N–H and O–H groups in total. The molecule has 0 aromatic carbocycles. The van der Waals surface area contributed by atoms with Gasteiger partial charge in [0.05, 0.1) is 6.10 Å². The molecule has 0 aliphatic heterocycles. The van der Waals surface area contributed by atoms with E-state index >= 15 is 0 Å². The second kappa shape index (κ2) is 5.61. The Morgan fingerprint density at radius 3 is 2.69 bits per heavy atom. The third kappa shape index (κ3) is 3.65. The maximum Gasteiger partial charge on any atom is 0.0693 e. The number of rotatable bonds is 4. The van der Waals surface area contributed by atoms with Gasteiger partial charge in [-0.1, -0.05) is 33.1 Å². The van der Waals surface area contributed by atoms with Gasteiger partial charge in [0.1, 0.15) is 0 Å². The Kier molecular flexibility index (Phi) is 4.74. The molecular formula is C11H23NO. The van der Waals surface area contributed by atoms with E-state index in [0.717, 1.165) is 25.3 Å². The molecule has 0 heterocycles. The molecule has 1 fully saturated rings. The van der Waals surface area contributed by atoms with Crippen LogP contribution in [0.5, 0.6) is 0 Å². The second-order valence-electron chi connectivity index (χ2n) is 4.38. The predicted octanol–water partition coefficient (Wildman–Crippen LogP) is 1.93. The van der Waals surface area contributed by atoms with Gasteiger partial charge in [-0.3, -0.25) is 0 Å². The van der Waals surface area contributed by atoms with Gasteiger partial charge in [0.25, 0.3) is 0 Å². The lowest BCUT2D eigenvalue weighted by Crippen LogP contribution is -2.43. The van der Waals surface area contributed by atoms with E-state index in [9.17, 15) is 5.11 Å². The van der Waals surface area contributed by atoms with Crippen LogP contribution in [-0.4, -0.2) is 23.8 Å². The lowest BCUT2D eigenvalue weighted by Gasteiger charge is -2.29. The van der Waals surface area contributed by atoms with Gasteiger partial charge in [0.2, 0.25) is 0 Å². The summed E-state index contributed by atoms with van der Waals surface area (Å²) >= 11 is 0. The number of hydrogen-bond acceptors (Lipinski definition) is 2. The monoisotopic (exact) mass is 185 g/mol. The number of aliphatic hydroxyl groups is 1. The number of hydrogen-bond donors (Lipinski definition) is 2. The maximum absolute atomic E-state index is 9.69. The summed E-state index contributed by atoms with van der Waals surface area (Å²) in [4.78, 5) is 0. The zero-order valence-corrected chi connectivity index (χ0v) is 8.92. The molecule has 0 amide bonds. The highest BCUT2D eigenvalue weighted by Gasteiger charge is 2.22. The van der Waals surface area contributed by atoms with Gasteiger partial charge < -0.3 is 10.4 Å². The SMILES string of the molecule is CC[C@@H](C)CN[C@H]1CCCC[C@@H]1O. The van der Waals surface area contributed by atoms with Crippen LogP contribution in [0, 0.1) is 5.92 Å². The van der Waals surface area contributed by atoms with E-state index in [4.69, 9.17) is 0 Å². The molecule has 13 heavy (non-hydrogen) atoms. The third-order valence-electron chi connectivity index (χ3n) is 3.15. The Hall–Kier alpha value is -0.0800. The zero-order valence-electron chi connectivity index (χ0n) is 8.92. The molecule has 0 radical (unpaired) electrons. The smallest absolute Gasteiger partial charge is 0.0693 e. The van der Waals surface area contributed by atoms with Gasteiger partial charge in [0, 0.05) is 6.04 Å². The van der Waals surface area contributed by atoms with Crippen LogP contribution in [0.25, 0.3) is 0 Å². The zero-order chi connectivity index (χ0) is 9.68. The molecule has 1 saturated carbocycles. The van der Waals surface area contributed by atoms with Gasteiger partial charge in [0.15, 0.2) is 0 Å². The summed E-state index contributed by atoms with van der Waals surface area (Å²) in [5, 5.41) is 13.2. The molecule has 0 unspecified atom stereocenters. The largest absolute Gasteiger partial charge is 0.392 e. The van der Waals surface area contributed by atoms with E-state index in [0.29, 0.717) is 6.04 Å². The minimum Gasteiger partial charge on any atom is -0.392 e. The Labute approximate surface area is 81.7 Å². The van der Waals surface area contributed by atoms with E-state index in [1.54, 1.807) is 0 Å². The van der Waals surface area contributed by atoms with Gasteiger partial charge in [-0.25, -0.2) is 0 Å². The first-order chi connectivity index (χ1) is 6.24. The standard InChI is InChI=1S/C11H23NO/c1-3-9(2)8-12-10-6-4-5-7-11(10)13/h9-13H,3-8H2,1-2H3/t9-,10+,11+/m1/s1. The van der Waals surface area contributed by atoms with E-state index in [1.165, 1.54) is 19.3 Å². The second-order valence-corrected chi connectivity index (χ2v) is 4.38. The first kappa shape index (κ1) is 11.0. The van der Waals surface area contributed by atoms with Crippen LogP contribution in [0.1, 0.15) is 46.0 Å². The highest BCUT2D eigenvalue weighted by Crippen LogP contribution is 2.18. The molecule has 1 rings (SSSR count). The van der Waals surface area contributed by atoms with Gasteiger partial charge >= 0.3 is 0 Å². The van der Waals surface area contributed by atoms with E-state index in [2.05, 4.69) is 19.2 Å². The van der Waals surface area contributed by atoms with Crippen LogP contribution in [0.15, 0.2) is 0 Å². The average molecular weight is 185 g/mol. The Morgan fingerprint density at radius 1 is 1.38 bits per heavy atom. The maximum atomic E-state index is 9.69. The van der Waals surface area contributed by atoms with Crippen molar-refractivity contribution < 1.29 is 5.11 Å². The molecule has 0 bridgehead atoms. The predicted molar refractivity (Wildman–Crippen MR) is 55.7 cm³/mol. The first-order valence-electron chi connectivity index (χ1n) is 5.65. The normalized spacial score (nSPS) is 31.6. The summed E-state index contributed by atoms with van der Waals surface area (Å²) < 4.78 is 0. The van der Waals surface area contributed by atoms with Crippen LogP contribution in [0.4, 0.5) is 0 Å². The third-order valence-corrected chi connectivity index (χ3v) is 3.15. The molecule has 2 nitrogen and oxygen atoms in total. The lowest BCUT2D eigenvalue weighted by atomic mass is 9.92. The van der Waals surface area contributed by atoms with Crippen molar-refractivity contribution in [3.8, 4) is 0 Å². The quantitative estimate of drug-likeness (QED) is 0.701. The van der Waals surface area contributed by atoms with E-state index in [-0.39, 0.29) is 6.10 Å². The molecule has 0 aromatic heterocycles. The number of aliphatic hydroxyl groups excluding tert-OH is 1. The van der Waals surface area contributed by atoms with Crippen molar-refractivity contribution >= 4 is 0 Å². The van der Waals surface area contributed by atoms with E-state index in [1.807, 2.05) is 0 Å². The van der Waals surface area contributed by atoms with Crippen molar-refractivity contribution in [2.24, 2.45) is 5.92 Å². The van der Waals surface area contributed by atoms with Crippen molar-refractivity contribution in [3.05, 3.63) is 0 Å². The highest BCUT2D eigenvalue weighted by atomic mass is 16.3. The molecule has 0 saturated heterocycles. The summed E-state index contributed by atoms with van der Waals surface area (Å²) in [7, 11) is 0. The minimum absolute atomic E-state index is 0.0993. The van der Waals surface area contributed by atoms with Crippen LogP contribution in [0.3, 0.4) is 0 Å². The Morgan fingerprint density at radius 2 is 2.08 bits per heavy atom. The highest BCUT2D eigenvalue weighted by molar-refractivity contribution is 4.80. The summed E-state index contributed by atoms with van der Waals surface area (Å²) in [6.45, 7) is 5.52. The average Bonchev–Trinajstić information content (AvgIpc) is 2.16. The molecular weight excluding hydrogens is 162 g/mol. The van der Waals surface area contributed by atoms with Crippen molar-refractivity contribution in [2.75, 3.05) is 6.54 Å². The van der Waals surface area contributed by atoms with Crippen molar-refractivity contribution in [1.29, 1.82) is 0 Å². The van der Waals surface area contributed by atoms with Gasteiger partial charge in [-0.05, 0) is 25.3 Å². The van der Waals surface area contributed by atoms with Gasteiger partial charge in [-0.2, -0.15) is 0 Å². The molecule has 0 spiro atoms. The molecule has 1 aliphatic carbocycles. The summed E-state index contributed by atoms with van der Waals surface area (Å²) in [6.07, 6.45) is 5.72. The topological polar surface area (TPSA) is 32.3 Å². The van der Waals surface area contributed by atoms with Crippen molar-refractivity contribution in [2.45, 2.75) is 58.1 Å². The van der Waals surface area contributed by atoms with Crippen LogP contribution in [-0.2, 0) is 0 Å². The van der Waals surface area contributed by atoms with Crippen LogP contribution in [0.2, 0.25) is 0 Å². The summed E-state index contributed by atoms with van der Waals surface area (Å²) in [5.41, 5.74) is 0. The number of nitrogens with one attached hydrogen (secondary N) is 1. The summed E-state index contributed by atoms with van der Waals surface area (Å²) in [6, 6.07) is 0.364. The Balaban J connectivity index is 2.18. The Bertz CT molecular complexity index is 138. The molecule has 1 aliphatic rings. The molecule has 2 heteroatoms. The van der Waals surface area contributed by atoms with Crippen molar-refractivity contribution in [3.63, 3.8) is 0 Å². The van der Waals surface area contributed by atoms with Gasteiger partial charge in [-0.15, -0.1) is 0 Å². The fraction of sp³-hybridized carbons (Fsp3) is 1.00. The van der Waals surface area contributed by atoms with Crippen LogP contribution >= 0.6 is 0 Å². The fourth-order valence-corrected chi connectivity index (χ4v) is 1.85. The molecule has 0 aromatic rings. The first-order valence-corrected chi connectivity index (χ1v) is 5.65. The van der Waals surface area contributed by atoms with Crippen molar-refractivity contribution in [1.82, 2.24) is 5.32 Å².